The second-order valence-electron chi connectivity index (χ2n) is 6.95. The van der Waals surface area contributed by atoms with Gasteiger partial charge in [0.1, 0.15) is 0 Å². The van der Waals surface area contributed by atoms with Gasteiger partial charge in [-0.3, -0.25) is 14.6 Å². The van der Waals surface area contributed by atoms with Crippen molar-refractivity contribution in [2.45, 2.75) is 18.6 Å². The summed E-state index contributed by atoms with van der Waals surface area (Å²) in [5.74, 6) is 0.00525. The van der Waals surface area contributed by atoms with Crippen LogP contribution in [0.1, 0.15) is 16.8 Å². The van der Waals surface area contributed by atoms with Crippen molar-refractivity contribution in [1.29, 1.82) is 0 Å². The van der Waals surface area contributed by atoms with E-state index in [9.17, 15) is 9.59 Å². The van der Waals surface area contributed by atoms with Crippen molar-refractivity contribution in [3.8, 4) is 0 Å². The number of likely N-dealkylation sites (tertiary alicyclic amines) is 1. The zero-order chi connectivity index (χ0) is 17.4. The predicted octanol–water partition coefficient (Wildman–Crippen LogP) is 0.761. The number of morpholine rings is 1. The van der Waals surface area contributed by atoms with E-state index in [1.807, 2.05) is 29.2 Å². The predicted molar refractivity (Wildman–Crippen MR) is 93.9 cm³/mol. The number of ether oxygens (including phenoxy) is 1. The number of nitrogens with one attached hydrogen (secondary N) is 1. The maximum atomic E-state index is 12.9. The van der Waals surface area contributed by atoms with Crippen LogP contribution in [0.4, 0.5) is 10.5 Å². The first-order chi connectivity index (χ1) is 12.1. The largest absolute Gasteiger partial charge is 0.373 e. The van der Waals surface area contributed by atoms with Gasteiger partial charge in [-0.15, -0.1) is 0 Å². The lowest BCUT2D eigenvalue weighted by Gasteiger charge is -2.33. The van der Waals surface area contributed by atoms with Crippen molar-refractivity contribution in [3.63, 3.8) is 0 Å². The van der Waals surface area contributed by atoms with Gasteiger partial charge >= 0.3 is 6.03 Å². The Labute approximate surface area is 147 Å². The summed E-state index contributed by atoms with van der Waals surface area (Å²) < 4.78 is 5.82. The van der Waals surface area contributed by atoms with Crippen molar-refractivity contribution < 1.29 is 14.3 Å². The van der Waals surface area contributed by atoms with Crippen molar-refractivity contribution in [2.24, 2.45) is 0 Å². The summed E-state index contributed by atoms with van der Waals surface area (Å²) in [6, 6.07) is 7.53. The highest BCUT2D eigenvalue weighted by molar-refractivity contribution is 5.98. The molecule has 2 atom stereocenters. The van der Waals surface area contributed by atoms with Gasteiger partial charge in [0.2, 0.25) is 0 Å². The van der Waals surface area contributed by atoms with Gasteiger partial charge in [-0.2, -0.15) is 0 Å². The van der Waals surface area contributed by atoms with Crippen LogP contribution in [0.15, 0.2) is 24.3 Å². The summed E-state index contributed by atoms with van der Waals surface area (Å²) in [5.41, 5.74) is 1.39. The number of fused-ring (bicyclic) bond motifs is 1. The molecule has 4 rings (SSSR count). The lowest BCUT2D eigenvalue weighted by molar-refractivity contribution is -0.0368. The Hall–Kier alpha value is -2.12. The van der Waals surface area contributed by atoms with Crippen molar-refractivity contribution in [2.75, 3.05) is 51.3 Å². The van der Waals surface area contributed by atoms with Crippen LogP contribution in [-0.2, 0) is 4.74 Å². The third-order valence-corrected chi connectivity index (χ3v) is 5.35. The van der Waals surface area contributed by atoms with Crippen LogP contribution in [0.25, 0.3) is 0 Å². The number of hydrogen-bond donors (Lipinski definition) is 1. The van der Waals surface area contributed by atoms with Gasteiger partial charge in [0.25, 0.3) is 5.91 Å². The second kappa shape index (κ2) is 6.65. The summed E-state index contributed by atoms with van der Waals surface area (Å²) in [6.45, 7) is 4.33. The van der Waals surface area contributed by atoms with Gasteiger partial charge in [-0.1, -0.05) is 6.07 Å². The minimum atomic E-state index is -0.0990. The molecule has 3 fully saturated rings. The maximum Gasteiger partial charge on any atom is 0.321 e. The molecule has 7 heteroatoms. The van der Waals surface area contributed by atoms with E-state index in [2.05, 4.69) is 17.3 Å². The Balaban J connectivity index is 1.51. The number of likely N-dealkylation sites (N-methyl/N-ethyl adjacent to an activating group) is 1. The minimum Gasteiger partial charge on any atom is -0.373 e. The molecule has 0 aromatic heterocycles. The smallest absolute Gasteiger partial charge is 0.321 e. The van der Waals surface area contributed by atoms with E-state index in [-0.39, 0.29) is 24.1 Å². The number of carbonyl (C=O) groups is 2. The summed E-state index contributed by atoms with van der Waals surface area (Å²) in [5, 5.41) is 2.84. The lowest BCUT2D eigenvalue weighted by atomic mass is 10.1. The molecule has 25 heavy (non-hydrogen) atoms. The van der Waals surface area contributed by atoms with Gasteiger partial charge in [0.05, 0.1) is 18.8 Å². The molecule has 0 unspecified atom stereocenters. The average molecular weight is 344 g/mol. The van der Waals surface area contributed by atoms with Crippen molar-refractivity contribution in [1.82, 2.24) is 15.1 Å². The molecule has 3 heterocycles. The molecule has 0 radical (unpaired) electrons. The van der Waals surface area contributed by atoms with Gasteiger partial charge in [-0.25, -0.2) is 4.79 Å². The van der Waals surface area contributed by atoms with Crippen LogP contribution < -0.4 is 10.2 Å². The van der Waals surface area contributed by atoms with E-state index in [4.69, 9.17) is 4.74 Å². The SMILES string of the molecule is CN1CCO[C@@H]2CN(C(=O)c3cccc(N4CCCNC4=O)c3)C[C@@H]21. The first kappa shape index (κ1) is 16.4. The number of nitrogens with zero attached hydrogens (tertiary/aromatic N) is 3. The van der Waals surface area contributed by atoms with E-state index in [0.29, 0.717) is 31.7 Å². The standard InChI is InChI=1S/C18H24N4O3/c1-20-8-9-25-16-12-21(11-15(16)20)17(23)13-4-2-5-14(10-13)22-7-3-6-19-18(22)24/h2,4-5,10,15-16H,3,6-9,11-12H2,1H3,(H,19,24)/t15-,16+/m0/s1. The normalized spacial score (nSPS) is 27.2. The van der Waals surface area contributed by atoms with Crippen molar-refractivity contribution in [3.05, 3.63) is 29.8 Å². The number of hydrogen-bond acceptors (Lipinski definition) is 4. The molecule has 3 saturated heterocycles. The fraction of sp³-hybridized carbons (Fsp3) is 0.556. The highest BCUT2D eigenvalue weighted by atomic mass is 16.5. The number of carbonyl (C=O) groups excluding carboxylic acids is 2. The quantitative estimate of drug-likeness (QED) is 0.860. The van der Waals surface area contributed by atoms with E-state index < -0.39 is 0 Å². The summed E-state index contributed by atoms with van der Waals surface area (Å²) >= 11 is 0. The Morgan fingerprint density at radius 1 is 1.28 bits per heavy atom. The number of anilines is 1. The van der Waals surface area contributed by atoms with E-state index in [0.717, 1.165) is 25.3 Å². The molecule has 3 amide bonds. The molecular formula is C18H24N4O3. The van der Waals surface area contributed by atoms with Gasteiger partial charge < -0.3 is 15.0 Å². The highest BCUT2D eigenvalue weighted by Crippen LogP contribution is 2.25. The summed E-state index contributed by atoms with van der Waals surface area (Å²) in [7, 11) is 2.09. The Morgan fingerprint density at radius 2 is 2.16 bits per heavy atom. The molecular weight excluding hydrogens is 320 g/mol. The van der Waals surface area contributed by atoms with Gasteiger partial charge in [-0.05, 0) is 31.7 Å². The number of urea groups is 1. The topological polar surface area (TPSA) is 65.1 Å². The zero-order valence-electron chi connectivity index (χ0n) is 14.5. The third kappa shape index (κ3) is 3.09. The minimum absolute atomic E-state index is 0.00525. The molecule has 1 aromatic carbocycles. The van der Waals surface area contributed by atoms with E-state index >= 15 is 0 Å². The number of amides is 3. The van der Waals surface area contributed by atoms with Crippen molar-refractivity contribution >= 4 is 17.6 Å². The summed E-state index contributed by atoms with van der Waals surface area (Å²) in [6.07, 6.45) is 1.00. The van der Waals surface area contributed by atoms with E-state index in [1.54, 1.807) is 4.90 Å². The fourth-order valence-electron chi connectivity index (χ4n) is 3.89. The number of rotatable bonds is 2. The molecule has 1 aromatic rings. The van der Waals surface area contributed by atoms with Crippen LogP contribution in [0.3, 0.4) is 0 Å². The molecule has 7 nitrogen and oxygen atoms in total. The molecule has 1 N–H and O–H groups in total. The lowest BCUT2D eigenvalue weighted by Crippen LogP contribution is -2.48. The van der Waals surface area contributed by atoms with Gasteiger partial charge in [0.15, 0.2) is 0 Å². The molecule has 134 valence electrons. The van der Waals surface area contributed by atoms with Crippen LogP contribution in [0, 0.1) is 0 Å². The molecule has 0 bridgehead atoms. The first-order valence-corrected chi connectivity index (χ1v) is 8.90. The molecule has 0 spiro atoms. The van der Waals surface area contributed by atoms with Crippen LogP contribution >= 0.6 is 0 Å². The Bertz CT molecular complexity index is 680. The highest BCUT2D eigenvalue weighted by Gasteiger charge is 2.40. The van der Waals surface area contributed by atoms with Crippen LogP contribution in [0.2, 0.25) is 0 Å². The van der Waals surface area contributed by atoms with E-state index in [1.165, 1.54) is 0 Å². The fourth-order valence-corrected chi connectivity index (χ4v) is 3.89. The van der Waals surface area contributed by atoms with Crippen LogP contribution in [0.5, 0.6) is 0 Å². The second-order valence-corrected chi connectivity index (χ2v) is 6.95. The average Bonchev–Trinajstić information content (AvgIpc) is 3.07. The molecule has 0 saturated carbocycles. The maximum absolute atomic E-state index is 12.9. The Morgan fingerprint density at radius 3 is 2.96 bits per heavy atom. The Kier molecular flexibility index (Phi) is 4.35. The monoisotopic (exact) mass is 344 g/mol. The number of benzene rings is 1. The van der Waals surface area contributed by atoms with Crippen LogP contribution in [-0.4, -0.2) is 80.3 Å². The zero-order valence-corrected chi connectivity index (χ0v) is 14.5. The summed E-state index contributed by atoms with van der Waals surface area (Å²) in [4.78, 5) is 30.8. The molecule has 0 aliphatic carbocycles. The molecule has 3 aliphatic heterocycles. The first-order valence-electron chi connectivity index (χ1n) is 8.90. The van der Waals surface area contributed by atoms with Gasteiger partial charge in [0, 0.05) is 44.0 Å². The third-order valence-electron chi connectivity index (χ3n) is 5.35. The molecule has 3 aliphatic rings.